The van der Waals surface area contributed by atoms with E-state index in [9.17, 15) is 0 Å². The van der Waals surface area contributed by atoms with Gasteiger partial charge in [-0.05, 0) is 30.3 Å². The second kappa shape index (κ2) is 15.8. The summed E-state index contributed by atoms with van der Waals surface area (Å²) >= 11 is 27.8. The molecule has 0 N–H and O–H groups in total. The Bertz CT molecular complexity index is 500. The molecule has 0 aromatic heterocycles. The van der Waals surface area contributed by atoms with Crippen LogP contribution in [-0.4, -0.2) is 14.1 Å². The molecule has 0 radical (unpaired) electrons. The normalized spacial score (nSPS) is 9.83. The molecule has 0 unspecified atom stereocenters. The molecule has 24 heavy (non-hydrogen) atoms. The summed E-state index contributed by atoms with van der Waals surface area (Å²) < 4.78 is 0. The minimum atomic E-state index is -1.95. The third-order valence-electron chi connectivity index (χ3n) is 2.35. The van der Waals surface area contributed by atoms with Crippen molar-refractivity contribution in [3.63, 3.8) is 0 Å². The Morgan fingerprint density at radius 1 is 0.833 bits per heavy atom. The topological polar surface area (TPSA) is 0 Å². The number of alkyl halides is 1. The van der Waals surface area contributed by atoms with Crippen LogP contribution in [0.25, 0.3) is 0 Å². The van der Waals surface area contributed by atoms with Crippen LogP contribution in [0.3, 0.4) is 0 Å². The average molecular weight is 483 g/mol. The van der Waals surface area contributed by atoms with Gasteiger partial charge >= 0.3 is 0 Å². The summed E-state index contributed by atoms with van der Waals surface area (Å²) in [5.74, 6) is 0.612. The maximum Gasteiger partial charge on any atom is 0.252 e. The molecule has 2 aromatic rings. The first-order valence-electron chi connectivity index (χ1n) is 7.04. The van der Waals surface area contributed by atoms with Crippen molar-refractivity contribution >= 4 is 82.4 Å². The third kappa shape index (κ3) is 18.9. The van der Waals surface area contributed by atoms with E-state index in [1.54, 1.807) is 0 Å². The van der Waals surface area contributed by atoms with Gasteiger partial charge in [0.25, 0.3) is 6.69 Å². The lowest BCUT2D eigenvalue weighted by atomic mass is 10.2. The third-order valence-corrected chi connectivity index (χ3v) is 4.49. The van der Waals surface area contributed by atoms with E-state index in [0.29, 0.717) is 5.88 Å². The number of benzene rings is 2. The van der Waals surface area contributed by atoms with Crippen molar-refractivity contribution in [2.24, 2.45) is 0 Å². The zero-order valence-corrected chi connectivity index (χ0v) is 20.3. The Morgan fingerprint density at radius 2 is 1.17 bits per heavy atom. The van der Waals surface area contributed by atoms with Gasteiger partial charge in [0, 0.05) is 5.88 Å². The van der Waals surface area contributed by atoms with Gasteiger partial charge < -0.3 is 0 Å². The molecule has 8 heteroatoms. The van der Waals surface area contributed by atoms with Crippen LogP contribution in [0.1, 0.15) is 11.1 Å². The zero-order chi connectivity index (χ0) is 17.7. The number of rotatable bonds is 3. The molecule has 0 heterocycles. The molecule has 0 fully saturated rings. The van der Waals surface area contributed by atoms with Gasteiger partial charge in [-0.2, -0.15) is 22.2 Å². The van der Waals surface area contributed by atoms with Crippen LogP contribution in [0, 0.1) is 0 Å². The second-order valence-electron chi connectivity index (χ2n) is 4.87. The van der Waals surface area contributed by atoms with Gasteiger partial charge in [0.15, 0.2) is 0 Å². The minimum absolute atomic E-state index is 0. The number of hydrogen-bond donors (Lipinski definition) is 0. The number of halogens is 6. The molecule has 0 saturated carbocycles. The summed E-state index contributed by atoms with van der Waals surface area (Å²) in [6.45, 7) is 1.82. The minimum Gasteiger partial charge on any atom is -0.151 e. The van der Waals surface area contributed by atoms with Crippen LogP contribution in [0.4, 0.5) is 0 Å². The van der Waals surface area contributed by atoms with E-state index in [1.165, 1.54) is 11.1 Å². The van der Waals surface area contributed by atoms with Crippen LogP contribution >= 0.6 is 68.3 Å². The summed E-state index contributed by atoms with van der Waals surface area (Å²) in [5.41, 5.74) is 2.40. The summed E-state index contributed by atoms with van der Waals surface area (Å²) in [6, 6.07) is 20.9. The van der Waals surface area contributed by atoms with E-state index in [4.69, 9.17) is 55.9 Å². The monoisotopic (exact) mass is 480 g/mol. The van der Waals surface area contributed by atoms with Crippen molar-refractivity contribution in [2.75, 3.05) is 0 Å². The zero-order valence-electron chi connectivity index (χ0n) is 13.6. The highest BCUT2D eigenvalue weighted by Gasteiger charge is 2.20. The Balaban J connectivity index is 0. The summed E-state index contributed by atoms with van der Waals surface area (Å²) in [7, 11) is -1.19. The van der Waals surface area contributed by atoms with Crippen molar-refractivity contribution in [1.29, 1.82) is 0 Å². The Kier molecular flexibility index (Phi) is 17.7. The average Bonchev–Trinajstić information content (AvgIpc) is 2.47. The molecule has 136 valence electrons. The van der Waals surface area contributed by atoms with Gasteiger partial charge in [-0.15, -0.1) is 46.2 Å². The smallest absolute Gasteiger partial charge is 0.151 e. The standard InChI is InChI=1S/C8H10Cl2Si.C7H7Cl.CH4Cl2Si.ClH/c1-11(9,10)7-8-5-3-2-4-6-8;8-6-7-4-2-1-3-5-7;1-4(2)3;/h2-6H,7H2,1H3;1-5H,6H2;4H,1H3;1H. The van der Waals surface area contributed by atoms with Crippen LogP contribution in [0.2, 0.25) is 13.1 Å². The highest BCUT2D eigenvalue weighted by Crippen LogP contribution is 2.19. The SMILES string of the molecule is C[SiH](Cl)Cl.C[Si](Cl)(Cl)Cc1ccccc1.Cl.ClCc1ccccc1. The van der Waals surface area contributed by atoms with Gasteiger partial charge in [-0.25, -0.2) is 0 Å². The van der Waals surface area contributed by atoms with Gasteiger partial charge in [0.05, 0.1) is 0 Å². The van der Waals surface area contributed by atoms with Crippen molar-refractivity contribution in [2.45, 2.75) is 25.0 Å². The van der Waals surface area contributed by atoms with Crippen LogP contribution in [0.5, 0.6) is 0 Å². The fraction of sp³-hybridized carbons (Fsp3) is 0.250. The lowest BCUT2D eigenvalue weighted by Crippen LogP contribution is -2.17. The molecule has 0 bridgehead atoms. The Labute approximate surface area is 178 Å². The molecule has 0 aliphatic rings. The highest BCUT2D eigenvalue weighted by atomic mass is 35.7. The summed E-state index contributed by atoms with van der Waals surface area (Å²) in [4.78, 5) is 0. The molecule has 2 rings (SSSR count). The van der Waals surface area contributed by atoms with Crippen molar-refractivity contribution in [3.8, 4) is 0 Å². The molecule has 0 aliphatic carbocycles. The van der Waals surface area contributed by atoms with Gasteiger partial charge in [0.2, 0.25) is 7.42 Å². The molecular weight excluding hydrogens is 461 g/mol. The van der Waals surface area contributed by atoms with E-state index >= 15 is 0 Å². The van der Waals surface area contributed by atoms with E-state index < -0.39 is 14.1 Å². The van der Waals surface area contributed by atoms with Crippen molar-refractivity contribution < 1.29 is 0 Å². The maximum atomic E-state index is 5.97. The molecule has 0 atom stereocenters. The molecular formula is C16H22Cl6Si2. The summed E-state index contributed by atoms with van der Waals surface area (Å²) in [6.07, 6.45) is 0. The van der Waals surface area contributed by atoms with Gasteiger partial charge in [-0.3, -0.25) is 0 Å². The Hall–Kier alpha value is 0.614. The van der Waals surface area contributed by atoms with Crippen LogP contribution in [0.15, 0.2) is 60.7 Å². The molecule has 0 spiro atoms. The van der Waals surface area contributed by atoms with E-state index in [-0.39, 0.29) is 12.4 Å². The van der Waals surface area contributed by atoms with Gasteiger partial charge in [-0.1, -0.05) is 60.7 Å². The quantitative estimate of drug-likeness (QED) is 0.241. The first-order chi connectivity index (χ1) is 10.7. The molecule has 2 aromatic carbocycles. The molecule has 0 nitrogen and oxygen atoms in total. The van der Waals surface area contributed by atoms with Crippen molar-refractivity contribution in [3.05, 3.63) is 71.8 Å². The molecule has 0 amide bonds. The lowest BCUT2D eigenvalue weighted by molar-refractivity contribution is 1.37. The largest absolute Gasteiger partial charge is 0.252 e. The van der Waals surface area contributed by atoms with Crippen molar-refractivity contribution in [1.82, 2.24) is 0 Å². The first-order valence-corrected chi connectivity index (χ1v) is 17.0. The number of hydrogen-bond acceptors (Lipinski definition) is 0. The maximum absolute atomic E-state index is 5.97. The predicted octanol–water partition coefficient (Wildman–Crippen LogP) is 7.48. The fourth-order valence-electron chi connectivity index (χ4n) is 1.52. The molecule has 0 aliphatic heterocycles. The lowest BCUT2D eigenvalue weighted by Gasteiger charge is -2.08. The summed E-state index contributed by atoms with van der Waals surface area (Å²) in [5, 5.41) is 0. The fourth-order valence-corrected chi connectivity index (χ4v) is 3.58. The van der Waals surface area contributed by atoms with E-state index in [2.05, 4.69) is 12.1 Å². The first kappa shape index (κ1) is 26.8. The van der Waals surface area contributed by atoms with Crippen LogP contribution in [-0.2, 0) is 11.9 Å². The Morgan fingerprint density at radius 3 is 1.42 bits per heavy atom. The molecule has 0 saturated heterocycles. The highest BCUT2D eigenvalue weighted by molar-refractivity contribution is 7.44. The predicted molar refractivity (Wildman–Crippen MR) is 121 cm³/mol. The van der Waals surface area contributed by atoms with E-state index in [1.807, 2.05) is 61.6 Å². The van der Waals surface area contributed by atoms with Gasteiger partial charge in [0.1, 0.15) is 0 Å². The van der Waals surface area contributed by atoms with E-state index in [0.717, 1.165) is 6.04 Å². The van der Waals surface area contributed by atoms with Crippen LogP contribution < -0.4 is 0 Å². The second-order valence-corrected chi connectivity index (χ2v) is 18.9.